The van der Waals surface area contributed by atoms with E-state index in [1.165, 1.54) is 6.92 Å². The molecule has 2 rings (SSSR count). The summed E-state index contributed by atoms with van der Waals surface area (Å²) in [5.74, 6) is 0.556. The average molecular weight is 217 g/mol. The van der Waals surface area contributed by atoms with Crippen molar-refractivity contribution >= 4 is 11.6 Å². The number of carbonyl (C=O) groups excluding carboxylic acids is 1. The Balaban J connectivity index is 2.36. The van der Waals surface area contributed by atoms with Crippen LogP contribution < -0.4 is 5.32 Å². The van der Waals surface area contributed by atoms with Gasteiger partial charge in [0.1, 0.15) is 0 Å². The number of nitrogens with one attached hydrogen (secondary N) is 1. The maximum Gasteiger partial charge on any atom is 0.221 e. The Bertz CT molecular complexity index is 519. The predicted octanol–water partition coefficient (Wildman–Crippen LogP) is 0.835. The standard InChI is InChI=1S/C10H11N5O/c1-7(16)11-9-5-3-4-8(6-9)10-12-13-14-15(10)2/h3-6H,1-2H3,(H,11,16). The van der Waals surface area contributed by atoms with Gasteiger partial charge in [-0.1, -0.05) is 12.1 Å². The van der Waals surface area contributed by atoms with Gasteiger partial charge >= 0.3 is 0 Å². The molecule has 0 unspecified atom stereocenters. The van der Waals surface area contributed by atoms with Crippen LogP contribution in [-0.4, -0.2) is 26.1 Å². The zero-order valence-electron chi connectivity index (χ0n) is 9.01. The molecule has 1 N–H and O–H groups in total. The first-order valence-electron chi connectivity index (χ1n) is 4.77. The van der Waals surface area contributed by atoms with Crippen LogP contribution in [0.5, 0.6) is 0 Å². The van der Waals surface area contributed by atoms with Crippen LogP contribution >= 0.6 is 0 Å². The fourth-order valence-electron chi connectivity index (χ4n) is 1.41. The molecule has 82 valence electrons. The minimum Gasteiger partial charge on any atom is -0.326 e. The van der Waals surface area contributed by atoms with E-state index < -0.39 is 0 Å². The third kappa shape index (κ3) is 2.05. The Morgan fingerprint density at radius 1 is 1.44 bits per heavy atom. The third-order valence-corrected chi connectivity index (χ3v) is 2.06. The Morgan fingerprint density at radius 3 is 2.88 bits per heavy atom. The Kier molecular flexibility index (Phi) is 2.63. The zero-order valence-corrected chi connectivity index (χ0v) is 9.01. The molecule has 0 fully saturated rings. The van der Waals surface area contributed by atoms with Crippen LogP contribution in [0.15, 0.2) is 24.3 Å². The van der Waals surface area contributed by atoms with Gasteiger partial charge in [0.2, 0.25) is 5.91 Å². The summed E-state index contributed by atoms with van der Waals surface area (Å²) in [6.45, 7) is 1.47. The number of anilines is 1. The van der Waals surface area contributed by atoms with Gasteiger partial charge in [0.05, 0.1) is 0 Å². The van der Waals surface area contributed by atoms with Crippen molar-refractivity contribution in [2.45, 2.75) is 6.92 Å². The molecule has 0 aliphatic heterocycles. The fraction of sp³-hybridized carbons (Fsp3) is 0.200. The quantitative estimate of drug-likeness (QED) is 0.808. The predicted molar refractivity (Wildman–Crippen MR) is 58.5 cm³/mol. The van der Waals surface area contributed by atoms with Crippen molar-refractivity contribution in [3.63, 3.8) is 0 Å². The molecule has 0 radical (unpaired) electrons. The lowest BCUT2D eigenvalue weighted by molar-refractivity contribution is -0.114. The average Bonchev–Trinajstić information content (AvgIpc) is 2.64. The van der Waals surface area contributed by atoms with Gasteiger partial charge in [-0.3, -0.25) is 4.79 Å². The van der Waals surface area contributed by atoms with E-state index in [1.54, 1.807) is 11.7 Å². The third-order valence-electron chi connectivity index (χ3n) is 2.06. The van der Waals surface area contributed by atoms with Crippen molar-refractivity contribution in [1.29, 1.82) is 0 Å². The Morgan fingerprint density at radius 2 is 2.25 bits per heavy atom. The van der Waals surface area contributed by atoms with Gasteiger partial charge in [-0.25, -0.2) is 4.68 Å². The molecule has 1 heterocycles. The number of benzene rings is 1. The second-order valence-electron chi connectivity index (χ2n) is 3.39. The highest BCUT2D eigenvalue weighted by atomic mass is 16.1. The monoisotopic (exact) mass is 217 g/mol. The van der Waals surface area contributed by atoms with E-state index in [-0.39, 0.29) is 5.91 Å². The number of amides is 1. The summed E-state index contributed by atoms with van der Waals surface area (Å²) in [5.41, 5.74) is 1.59. The van der Waals surface area contributed by atoms with E-state index in [2.05, 4.69) is 20.8 Å². The minimum atomic E-state index is -0.103. The number of hydrogen-bond acceptors (Lipinski definition) is 4. The summed E-state index contributed by atoms with van der Waals surface area (Å²) >= 11 is 0. The van der Waals surface area contributed by atoms with Crippen LogP contribution in [0, 0.1) is 0 Å². The fourth-order valence-corrected chi connectivity index (χ4v) is 1.41. The number of carbonyl (C=O) groups is 1. The van der Waals surface area contributed by atoms with Crippen LogP contribution in [0.25, 0.3) is 11.4 Å². The van der Waals surface area contributed by atoms with Crippen molar-refractivity contribution < 1.29 is 4.79 Å². The number of hydrogen-bond donors (Lipinski definition) is 1. The van der Waals surface area contributed by atoms with Crippen molar-refractivity contribution in [2.24, 2.45) is 7.05 Å². The van der Waals surface area contributed by atoms with E-state index >= 15 is 0 Å². The molecule has 0 bridgehead atoms. The maximum atomic E-state index is 10.9. The van der Waals surface area contributed by atoms with Crippen LogP contribution in [0.1, 0.15) is 6.92 Å². The lowest BCUT2D eigenvalue weighted by Gasteiger charge is -2.04. The molecule has 0 aliphatic carbocycles. The van der Waals surface area contributed by atoms with Gasteiger partial charge in [0, 0.05) is 25.2 Å². The summed E-state index contributed by atoms with van der Waals surface area (Å²) < 4.78 is 1.58. The van der Waals surface area contributed by atoms with E-state index in [0.29, 0.717) is 5.82 Å². The Hall–Kier alpha value is -2.24. The van der Waals surface area contributed by atoms with E-state index in [9.17, 15) is 4.79 Å². The van der Waals surface area contributed by atoms with Gasteiger partial charge in [0.15, 0.2) is 5.82 Å². The van der Waals surface area contributed by atoms with E-state index in [1.807, 2.05) is 24.3 Å². The van der Waals surface area contributed by atoms with Gasteiger partial charge in [-0.15, -0.1) is 5.10 Å². The molecule has 6 nitrogen and oxygen atoms in total. The second kappa shape index (κ2) is 4.09. The number of rotatable bonds is 2. The summed E-state index contributed by atoms with van der Waals surface area (Å²) in [6, 6.07) is 7.37. The highest BCUT2D eigenvalue weighted by molar-refractivity contribution is 5.89. The van der Waals surface area contributed by atoms with Crippen LogP contribution in [-0.2, 0) is 11.8 Å². The lowest BCUT2D eigenvalue weighted by Crippen LogP contribution is -2.05. The maximum absolute atomic E-state index is 10.9. The first kappa shape index (κ1) is 10.3. The summed E-state index contributed by atoms with van der Waals surface area (Å²) in [7, 11) is 1.76. The van der Waals surface area contributed by atoms with Crippen LogP contribution in [0.4, 0.5) is 5.69 Å². The summed E-state index contributed by atoms with van der Waals surface area (Å²) in [5, 5.41) is 13.9. The molecule has 6 heteroatoms. The molecule has 16 heavy (non-hydrogen) atoms. The van der Waals surface area contributed by atoms with Crippen molar-refractivity contribution in [1.82, 2.24) is 20.2 Å². The second-order valence-corrected chi connectivity index (χ2v) is 3.39. The molecular weight excluding hydrogens is 206 g/mol. The molecule has 1 amide bonds. The van der Waals surface area contributed by atoms with Crippen LogP contribution in [0.3, 0.4) is 0 Å². The van der Waals surface area contributed by atoms with Gasteiger partial charge in [-0.05, 0) is 22.6 Å². The first-order valence-corrected chi connectivity index (χ1v) is 4.77. The molecule has 1 aromatic heterocycles. The first-order chi connectivity index (χ1) is 7.66. The molecule has 0 atom stereocenters. The largest absolute Gasteiger partial charge is 0.326 e. The summed E-state index contributed by atoms with van der Waals surface area (Å²) in [6.07, 6.45) is 0. The lowest BCUT2D eigenvalue weighted by atomic mass is 10.2. The highest BCUT2D eigenvalue weighted by Crippen LogP contribution is 2.19. The Labute approximate surface area is 92.3 Å². The number of aromatic nitrogens is 4. The summed E-state index contributed by atoms with van der Waals surface area (Å²) in [4.78, 5) is 10.9. The minimum absolute atomic E-state index is 0.103. The molecule has 0 saturated carbocycles. The molecular formula is C10H11N5O. The number of nitrogens with zero attached hydrogens (tertiary/aromatic N) is 4. The zero-order chi connectivity index (χ0) is 11.5. The van der Waals surface area contributed by atoms with Crippen molar-refractivity contribution in [3.8, 4) is 11.4 Å². The van der Waals surface area contributed by atoms with Crippen molar-refractivity contribution in [2.75, 3.05) is 5.32 Å². The molecule has 0 saturated heterocycles. The van der Waals surface area contributed by atoms with E-state index in [0.717, 1.165) is 11.3 Å². The molecule has 0 spiro atoms. The molecule has 1 aromatic carbocycles. The smallest absolute Gasteiger partial charge is 0.221 e. The molecule has 2 aromatic rings. The van der Waals surface area contributed by atoms with Gasteiger partial charge < -0.3 is 5.32 Å². The topological polar surface area (TPSA) is 72.7 Å². The SMILES string of the molecule is CC(=O)Nc1cccc(-c2nnnn2C)c1. The van der Waals surface area contributed by atoms with Gasteiger partial charge in [0.25, 0.3) is 0 Å². The van der Waals surface area contributed by atoms with E-state index in [4.69, 9.17) is 0 Å². The van der Waals surface area contributed by atoms with Crippen molar-refractivity contribution in [3.05, 3.63) is 24.3 Å². The van der Waals surface area contributed by atoms with Crippen LogP contribution in [0.2, 0.25) is 0 Å². The number of aryl methyl sites for hydroxylation is 1. The highest BCUT2D eigenvalue weighted by Gasteiger charge is 2.06. The molecule has 0 aliphatic rings. The normalized spacial score (nSPS) is 10.1. The van der Waals surface area contributed by atoms with Gasteiger partial charge in [-0.2, -0.15) is 0 Å². The number of tetrazole rings is 1.